The van der Waals surface area contributed by atoms with Gasteiger partial charge in [0.05, 0.1) is 0 Å². The van der Waals surface area contributed by atoms with E-state index in [2.05, 4.69) is 48.7 Å². The van der Waals surface area contributed by atoms with E-state index in [1.165, 1.54) is 64.7 Å². The van der Waals surface area contributed by atoms with Crippen LogP contribution in [-0.4, -0.2) is 54.4 Å². The van der Waals surface area contributed by atoms with E-state index in [1.54, 1.807) is 0 Å². The third-order valence-electron chi connectivity index (χ3n) is 3.16. The maximum Gasteiger partial charge on any atom is 0.128 e. The topological polar surface area (TPSA) is 32.5 Å². The molecule has 0 aromatic carbocycles. The lowest BCUT2D eigenvalue weighted by Crippen LogP contribution is -2.24. The fraction of sp³-hybridized carbons (Fsp3) is 0.923. The van der Waals surface area contributed by atoms with Gasteiger partial charge in [-0.25, -0.2) is 0 Å². The first-order valence-electron chi connectivity index (χ1n) is 6.88. The molecule has 0 spiro atoms. The lowest BCUT2D eigenvalue weighted by atomic mass is 10.1. The average Bonchev–Trinajstić information content (AvgIpc) is 2.31. The average molecular weight is 292 g/mol. The van der Waals surface area contributed by atoms with Crippen LogP contribution in [0.2, 0.25) is 0 Å². The molecule has 0 saturated carbocycles. The second-order valence-corrected chi connectivity index (χ2v) is 6.29. The second kappa shape index (κ2) is 12.2. The maximum absolute atomic E-state index is 4.71. The maximum atomic E-state index is 4.71. The summed E-state index contributed by atoms with van der Waals surface area (Å²) in [4.78, 5) is 4.78. The molecule has 2 heterocycles. The Morgan fingerprint density at radius 3 is 1.17 bits per heavy atom. The molecule has 2 rings (SSSR count). The molecule has 0 aliphatic carbocycles. The minimum Gasteiger partial charge on any atom is -0.385 e. The van der Waals surface area contributed by atoms with Crippen LogP contribution in [-0.2, 0) is 0 Å². The van der Waals surface area contributed by atoms with Crippen LogP contribution in [0.15, 0.2) is 0 Å². The summed E-state index contributed by atoms with van der Waals surface area (Å²) in [6.45, 7) is 5.28. The highest BCUT2D eigenvalue weighted by atomic mass is 32.1. The minimum absolute atomic E-state index is 0.194. The first kappa shape index (κ1) is 18.2. The standard InChI is InChI=1S/2C6H13N.CH3NS2/c2*1-7-5-3-2-4-6-7;2-1(3)4/h2*2-6H2,1H3;(H3,2,3,4). The number of rotatable bonds is 0. The largest absolute Gasteiger partial charge is 0.385 e. The Bertz CT molecular complexity index is 180. The molecule has 2 aliphatic rings. The molecule has 0 unspecified atom stereocenters. The Hall–Kier alpha value is 0.160. The van der Waals surface area contributed by atoms with Crippen LogP contribution in [0.3, 0.4) is 0 Å². The third kappa shape index (κ3) is 14.2. The van der Waals surface area contributed by atoms with Crippen molar-refractivity contribution in [3.8, 4) is 0 Å². The van der Waals surface area contributed by atoms with Crippen molar-refractivity contribution in [1.82, 2.24) is 9.80 Å². The SMILES string of the molecule is CN1CCCCC1.CN1CCCCC1.NC(=S)S. The summed E-state index contributed by atoms with van der Waals surface area (Å²) in [5.74, 6) is 0. The van der Waals surface area contributed by atoms with E-state index < -0.39 is 0 Å². The summed E-state index contributed by atoms with van der Waals surface area (Å²) in [7, 11) is 4.39. The zero-order chi connectivity index (χ0) is 13.8. The predicted octanol–water partition coefficient (Wildman–Crippen LogP) is 2.36. The molecule has 3 nitrogen and oxygen atoms in total. The zero-order valence-electron chi connectivity index (χ0n) is 11.9. The molecule has 2 saturated heterocycles. The molecule has 2 N–H and O–H groups in total. The number of nitrogens with zero attached hydrogens (tertiary/aromatic N) is 2. The van der Waals surface area contributed by atoms with Gasteiger partial charge >= 0.3 is 0 Å². The van der Waals surface area contributed by atoms with Crippen molar-refractivity contribution in [3.63, 3.8) is 0 Å². The highest BCUT2D eigenvalue weighted by molar-refractivity contribution is 8.10. The van der Waals surface area contributed by atoms with Crippen LogP contribution in [0.5, 0.6) is 0 Å². The molecule has 108 valence electrons. The van der Waals surface area contributed by atoms with Crippen LogP contribution in [0.1, 0.15) is 38.5 Å². The van der Waals surface area contributed by atoms with Crippen molar-refractivity contribution in [3.05, 3.63) is 0 Å². The molecular formula is C13H29N3S2. The van der Waals surface area contributed by atoms with Crippen molar-refractivity contribution in [1.29, 1.82) is 0 Å². The summed E-state index contributed by atoms with van der Waals surface area (Å²) < 4.78 is 0.194. The van der Waals surface area contributed by atoms with E-state index in [4.69, 9.17) is 5.73 Å². The van der Waals surface area contributed by atoms with Gasteiger partial charge in [0.15, 0.2) is 0 Å². The van der Waals surface area contributed by atoms with E-state index in [-0.39, 0.29) is 4.32 Å². The highest BCUT2D eigenvalue weighted by Crippen LogP contribution is 2.05. The lowest BCUT2D eigenvalue weighted by molar-refractivity contribution is 0.277. The molecule has 0 aromatic rings. The highest BCUT2D eigenvalue weighted by Gasteiger charge is 2.02. The van der Waals surface area contributed by atoms with Crippen LogP contribution < -0.4 is 5.73 Å². The first-order chi connectivity index (χ1) is 8.52. The van der Waals surface area contributed by atoms with E-state index in [0.29, 0.717) is 0 Å². The van der Waals surface area contributed by atoms with E-state index >= 15 is 0 Å². The number of hydrogen-bond acceptors (Lipinski definition) is 3. The van der Waals surface area contributed by atoms with Crippen LogP contribution in [0.4, 0.5) is 0 Å². The summed E-state index contributed by atoms with van der Waals surface area (Å²) >= 11 is 7.65. The molecule has 0 amide bonds. The van der Waals surface area contributed by atoms with Gasteiger partial charge in [0.1, 0.15) is 4.32 Å². The number of likely N-dealkylation sites (tertiary alicyclic amines) is 2. The Kier molecular flexibility index (Phi) is 12.3. The summed E-state index contributed by atoms with van der Waals surface area (Å²) in [5.41, 5.74) is 4.71. The van der Waals surface area contributed by atoms with Gasteiger partial charge < -0.3 is 15.5 Å². The molecule has 2 aliphatic heterocycles. The van der Waals surface area contributed by atoms with Crippen molar-refractivity contribution in [2.75, 3.05) is 40.3 Å². The molecule has 0 bridgehead atoms. The molecule has 0 radical (unpaired) electrons. The van der Waals surface area contributed by atoms with Gasteiger partial charge in [0.2, 0.25) is 0 Å². The van der Waals surface area contributed by atoms with Crippen LogP contribution in [0.25, 0.3) is 0 Å². The number of nitrogens with two attached hydrogens (primary N) is 1. The summed E-state index contributed by atoms with van der Waals surface area (Å²) in [5, 5.41) is 0. The molecule has 0 aromatic heterocycles. The van der Waals surface area contributed by atoms with Gasteiger partial charge in [0.25, 0.3) is 0 Å². The molecule has 2 fully saturated rings. The smallest absolute Gasteiger partial charge is 0.128 e. The van der Waals surface area contributed by atoms with E-state index in [0.717, 1.165) is 0 Å². The van der Waals surface area contributed by atoms with Gasteiger partial charge in [0, 0.05) is 0 Å². The summed E-state index contributed by atoms with van der Waals surface area (Å²) in [6, 6.07) is 0. The number of hydrogen-bond donors (Lipinski definition) is 2. The zero-order valence-corrected chi connectivity index (χ0v) is 13.6. The van der Waals surface area contributed by atoms with E-state index in [1.807, 2.05) is 0 Å². The predicted molar refractivity (Wildman–Crippen MR) is 88.5 cm³/mol. The van der Waals surface area contributed by atoms with Gasteiger partial charge in [-0.05, 0) is 66.0 Å². The fourth-order valence-corrected chi connectivity index (χ4v) is 2.10. The third-order valence-corrected chi connectivity index (χ3v) is 3.16. The molecule has 18 heavy (non-hydrogen) atoms. The van der Waals surface area contributed by atoms with Gasteiger partial charge in [-0.2, -0.15) is 0 Å². The van der Waals surface area contributed by atoms with Crippen LogP contribution in [0, 0.1) is 0 Å². The Morgan fingerprint density at radius 1 is 0.833 bits per heavy atom. The normalized spacial score (nSPS) is 21.1. The van der Waals surface area contributed by atoms with Crippen molar-refractivity contribution in [2.45, 2.75) is 38.5 Å². The number of piperidine rings is 2. The Morgan fingerprint density at radius 2 is 1.06 bits per heavy atom. The second-order valence-electron chi connectivity index (χ2n) is 5.07. The molecule has 0 atom stereocenters. The Labute approximate surface area is 123 Å². The monoisotopic (exact) mass is 291 g/mol. The molecular weight excluding hydrogens is 262 g/mol. The van der Waals surface area contributed by atoms with Crippen LogP contribution >= 0.6 is 24.8 Å². The summed E-state index contributed by atoms with van der Waals surface area (Å²) in [6.07, 6.45) is 8.55. The molecule has 5 heteroatoms. The quantitative estimate of drug-likeness (QED) is 0.530. The minimum atomic E-state index is 0.194. The Balaban J connectivity index is 0.000000253. The van der Waals surface area contributed by atoms with Crippen molar-refractivity contribution in [2.24, 2.45) is 5.73 Å². The fourth-order valence-electron chi connectivity index (χ4n) is 2.10. The van der Waals surface area contributed by atoms with Gasteiger partial charge in [-0.1, -0.05) is 25.1 Å². The van der Waals surface area contributed by atoms with Crippen molar-refractivity contribution >= 4 is 29.2 Å². The number of thiocarbonyl (C=S) groups is 1. The van der Waals surface area contributed by atoms with Crippen molar-refractivity contribution < 1.29 is 0 Å². The van der Waals surface area contributed by atoms with E-state index in [9.17, 15) is 0 Å². The lowest BCUT2D eigenvalue weighted by Gasteiger charge is -2.20. The number of thiol groups is 1. The van der Waals surface area contributed by atoms with Gasteiger partial charge in [-0.15, -0.1) is 12.6 Å². The van der Waals surface area contributed by atoms with Gasteiger partial charge in [-0.3, -0.25) is 0 Å². The first-order valence-corrected chi connectivity index (χ1v) is 7.73.